The number of benzene rings is 6. The highest BCUT2D eigenvalue weighted by Crippen LogP contribution is 2.48. The van der Waals surface area contributed by atoms with E-state index in [9.17, 15) is 0 Å². The third-order valence-electron chi connectivity index (χ3n) is 9.83. The van der Waals surface area contributed by atoms with Crippen molar-refractivity contribution in [2.24, 2.45) is 5.92 Å². The topological polar surface area (TPSA) is 65.0 Å². The van der Waals surface area contributed by atoms with Crippen LogP contribution < -0.4 is 0 Å². The molecule has 0 N–H and O–H groups in total. The first-order valence-electron chi connectivity index (χ1n) is 16.6. The van der Waals surface area contributed by atoms with Gasteiger partial charge in [0.1, 0.15) is 28.3 Å². The van der Waals surface area contributed by atoms with Gasteiger partial charge in [0.05, 0.1) is 5.92 Å². The molecular formula is C44H29N3O2. The first-order valence-corrected chi connectivity index (χ1v) is 16.6. The van der Waals surface area contributed by atoms with Gasteiger partial charge in [-0.15, -0.1) is 0 Å². The molecule has 49 heavy (non-hydrogen) atoms. The molecule has 1 aliphatic rings. The molecule has 2 unspecified atom stereocenters. The van der Waals surface area contributed by atoms with Crippen molar-refractivity contribution < 1.29 is 8.83 Å². The lowest BCUT2D eigenvalue weighted by atomic mass is 9.79. The summed E-state index contributed by atoms with van der Waals surface area (Å²) in [5, 5.41) is 5.59. The quantitative estimate of drug-likeness (QED) is 0.193. The van der Waals surface area contributed by atoms with E-state index in [1.54, 1.807) is 0 Å². The van der Waals surface area contributed by atoms with E-state index in [0.717, 1.165) is 77.7 Å². The Morgan fingerprint density at radius 3 is 2.04 bits per heavy atom. The van der Waals surface area contributed by atoms with Crippen LogP contribution in [0.4, 0.5) is 0 Å². The van der Waals surface area contributed by atoms with Crippen LogP contribution in [0.25, 0.3) is 83.7 Å². The lowest BCUT2D eigenvalue weighted by Crippen LogP contribution is -2.18. The van der Waals surface area contributed by atoms with Gasteiger partial charge in [0.25, 0.3) is 0 Å². The highest BCUT2D eigenvalue weighted by molar-refractivity contribution is 6.15. The molecule has 3 heterocycles. The lowest BCUT2D eigenvalue weighted by Gasteiger charge is -2.25. The van der Waals surface area contributed by atoms with Gasteiger partial charge in [0.15, 0.2) is 11.6 Å². The molecule has 5 nitrogen and oxygen atoms in total. The number of aromatic nitrogens is 3. The van der Waals surface area contributed by atoms with Crippen molar-refractivity contribution >= 4 is 49.8 Å². The molecule has 0 bridgehead atoms. The predicted octanol–water partition coefficient (Wildman–Crippen LogP) is 11.5. The highest BCUT2D eigenvalue weighted by Gasteiger charge is 2.34. The number of para-hydroxylation sites is 1. The summed E-state index contributed by atoms with van der Waals surface area (Å²) >= 11 is 0. The third-order valence-corrected chi connectivity index (χ3v) is 9.83. The minimum Gasteiger partial charge on any atom is -0.456 e. The maximum Gasteiger partial charge on any atom is 0.163 e. The monoisotopic (exact) mass is 631 g/mol. The minimum atomic E-state index is -0.174. The Morgan fingerprint density at radius 2 is 1.20 bits per heavy atom. The number of fused-ring (bicyclic) bond motifs is 7. The van der Waals surface area contributed by atoms with Gasteiger partial charge in [0, 0.05) is 32.8 Å². The average Bonchev–Trinajstić information content (AvgIpc) is 3.73. The second-order valence-corrected chi connectivity index (χ2v) is 12.8. The van der Waals surface area contributed by atoms with E-state index >= 15 is 0 Å². The smallest absolute Gasteiger partial charge is 0.163 e. The summed E-state index contributed by atoms with van der Waals surface area (Å²) in [6, 6.07) is 45.8. The Bertz CT molecular complexity index is 2760. The second kappa shape index (κ2) is 10.9. The molecule has 2 atom stereocenters. The van der Waals surface area contributed by atoms with Gasteiger partial charge in [-0.2, -0.15) is 0 Å². The number of hydrogen-bond donors (Lipinski definition) is 0. The molecule has 5 heteroatoms. The first kappa shape index (κ1) is 27.8. The number of nitrogens with zero attached hydrogens (tertiary/aromatic N) is 3. The molecule has 10 rings (SSSR count). The predicted molar refractivity (Wildman–Crippen MR) is 197 cm³/mol. The van der Waals surface area contributed by atoms with E-state index < -0.39 is 0 Å². The van der Waals surface area contributed by atoms with Crippen molar-refractivity contribution in [3.63, 3.8) is 0 Å². The SMILES string of the molecule is CC1C=Cc2oc3cccc(-c4cccc5oc6ccccc6c45)c3c2C1c1nc(-c2ccccc2)nc(-c2ccc3ccccc3c2)n1. The van der Waals surface area contributed by atoms with Gasteiger partial charge in [-0.3, -0.25) is 0 Å². The van der Waals surface area contributed by atoms with Crippen LogP contribution in [0.1, 0.15) is 30.0 Å². The van der Waals surface area contributed by atoms with E-state index in [4.69, 9.17) is 23.8 Å². The molecule has 0 fully saturated rings. The Hall–Kier alpha value is -6.33. The van der Waals surface area contributed by atoms with Crippen molar-refractivity contribution in [3.8, 4) is 33.9 Å². The summed E-state index contributed by atoms with van der Waals surface area (Å²) in [7, 11) is 0. The Morgan fingerprint density at radius 1 is 0.531 bits per heavy atom. The van der Waals surface area contributed by atoms with Crippen molar-refractivity contribution in [2.75, 3.05) is 0 Å². The van der Waals surface area contributed by atoms with Crippen LogP contribution in [0.5, 0.6) is 0 Å². The van der Waals surface area contributed by atoms with Crippen molar-refractivity contribution in [1.29, 1.82) is 0 Å². The summed E-state index contributed by atoms with van der Waals surface area (Å²) in [5.74, 6) is 2.79. The molecule has 1 aliphatic carbocycles. The van der Waals surface area contributed by atoms with Crippen molar-refractivity contribution in [3.05, 3.63) is 157 Å². The van der Waals surface area contributed by atoms with Crippen LogP contribution in [0.2, 0.25) is 0 Å². The number of rotatable bonds is 4. The van der Waals surface area contributed by atoms with E-state index in [1.807, 2.05) is 36.4 Å². The molecular weight excluding hydrogens is 603 g/mol. The summed E-state index contributed by atoms with van der Waals surface area (Å²) in [6.07, 6.45) is 4.32. The van der Waals surface area contributed by atoms with Gasteiger partial charge in [-0.05, 0) is 58.2 Å². The van der Waals surface area contributed by atoms with E-state index in [2.05, 4.69) is 116 Å². The van der Waals surface area contributed by atoms with Gasteiger partial charge in [0.2, 0.25) is 0 Å². The largest absolute Gasteiger partial charge is 0.456 e. The Labute approximate surface area is 282 Å². The summed E-state index contributed by atoms with van der Waals surface area (Å²) in [4.78, 5) is 15.5. The van der Waals surface area contributed by atoms with Crippen LogP contribution in [-0.2, 0) is 0 Å². The third kappa shape index (κ3) is 4.43. The first-order chi connectivity index (χ1) is 24.2. The van der Waals surface area contributed by atoms with Gasteiger partial charge < -0.3 is 8.83 Å². The fraction of sp³-hybridized carbons (Fsp3) is 0.0682. The molecule has 9 aromatic rings. The van der Waals surface area contributed by atoms with E-state index in [1.165, 1.54) is 5.39 Å². The maximum absolute atomic E-state index is 6.63. The summed E-state index contributed by atoms with van der Waals surface area (Å²) in [5.41, 5.74) is 7.78. The van der Waals surface area contributed by atoms with Crippen LogP contribution in [0, 0.1) is 5.92 Å². The maximum atomic E-state index is 6.63. The zero-order chi connectivity index (χ0) is 32.5. The van der Waals surface area contributed by atoms with Crippen LogP contribution in [0.15, 0.2) is 148 Å². The molecule has 0 aliphatic heterocycles. The standard InChI is InChI=1S/C44H29N3O2/c1-26-21-24-37-41(40-32(17-10-20-36(40)49-37)31-16-9-19-35-39(31)33-15-7-8-18-34(33)48-35)38(26)44-46-42(28-12-3-2-4-13-28)45-43(47-44)30-23-22-27-11-5-6-14-29(27)25-30/h2-26,38H,1H3. The highest BCUT2D eigenvalue weighted by atomic mass is 16.3. The summed E-state index contributed by atoms with van der Waals surface area (Å²) in [6.45, 7) is 2.23. The number of hydrogen-bond acceptors (Lipinski definition) is 5. The fourth-order valence-corrected chi connectivity index (χ4v) is 7.53. The fourth-order valence-electron chi connectivity index (χ4n) is 7.53. The number of furan rings is 2. The average molecular weight is 632 g/mol. The van der Waals surface area contributed by atoms with Gasteiger partial charge in [-0.25, -0.2) is 15.0 Å². The molecule has 0 saturated heterocycles. The van der Waals surface area contributed by atoms with Crippen LogP contribution in [-0.4, -0.2) is 15.0 Å². The molecule has 0 saturated carbocycles. The molecule has 3 aromatic heterocycles. The lowest BCUT2D eigenvalue weighted by molar-refractivity contribution is 0.545. The Kier molecular flexibility index (Phi) is 6.15. The zero-order valence-electron chi connectivity index (χ0n) is 26.7. The Balaban J connectivity index is 1.23. The summed E-state index contributed by atoms with van der Waals surface area (Å²) < 4.78 is 12.9. The normalized spacial score (nSPS) is 15.8. The minimum absolute atomic E-state index is 0.0994. The van der Waals surface area contributed by atoms with Gasteiger partial charge >= 0.3 is 0 Å². The number of allylic oxidation sites excluding steroid dienone is 1. The molecule has 0 amide bonds. The van der Waals surface area contributed by atoms with Gasteiger partial charge in [-0.1, -0.05) is 122 Å². The van der Waals surface area contributed by atoms with Crippen LogP contribution >= 0.6 is 0 Å². The van der Waals surface area contributed by atoms with Crippen LogP contribution in [0.3, 0.4) is 0 Å². The molecule has 232 valence electrons. The molecule has 6 aromatic carbocycles. The van der Waals surface area contributed by atoms with Crippen molar-refractivity contribution in [2.45, 2.75) is 12.8 Å². The zero-order valence-corrected chi connectivity index (χ0v) is 26.7. The molecule has 0 spiro atoms. The molecule has 0 radical (unpaired) electrons. The van der Waals surface area contributed by atoms with E-state index in [0.29, 0.717) is 11.6 Å². The van der Waals surface area contributed by atoms with Crippen molar-refractivity contribution in [1.82, 2.24) is 15.0 Å². The second-order valence-electron chi connectivity index (χ2n) is 12.8. The van der Waals surface area contributed by atoms with E-state index in [-0.39, 0.29) is 11.8 Å².